The second kappa shape index (κ2) is 4.15. The van der Waals surface area contributed by atoms with Crippen LogP contribution in [0, 0.1) is 0 Å². The summed E-state index contributed by atoms with van der Waals surface area (Å²) in [5.41, 5.74) is 1.26. The number of carbonyl (C=O) groups is 1. The summed E-state index contributed by atoms with van der Waals surface area (Å²) in [6.07, 6.45) is -0.127. The number of aliphatic hydroxyl groups is 1. The summed E-state index contributed by atoms with van der Waals surface area (Å²) in [6, 6.07) is 7.51. The van der Waals surface area contributed by atoms with Crippen LogP contribution in [0.3, 0.4) is 0 Å². The molecule has 0 aromatic heterocycles. The Morgan fingerprint density at radius 1 is 1.29 bits per heavy atom. The van der Waals surface area contributed by atoms with Crippen LogP contribution >= 0.6 is 0 Å². The van der Waals surface area contributed by atoms with Gasteiger partial charge in [-0.05, 0) is 38.3 Å². The number of aliphatic hydroxyl groups excluding tert-OH is 1. The van der Waals surface area contributed by atoms with E-state index in [0.29, 0.717) is 6.42 Å². The van der Waals surface area contributed by atoms with Gasteiger partial charge in [0.05, 0.1) is 12.0 Å². The van der Waals surface area contributed by atoms with E-state index >= 15 is 0 Å². The summed E-state index contributed by atoms with van der Waals surface area (Å²) in [5, 5.41) is 9.89. The number of hydrogen-bond acceptors (Lipinski definition) is 3. The molecule has 2 atom stereocenters. The minimum absolute atomic E-state index is 0.249. The molecule has 92 valence electrons. The second-order valence-electron chi connectivity index (χ2n) is 5.47. The highest BCUT2D eigenvalue weighted by molar-refractivity contribution is 5.80. The number of fused-ring (bicyclic) bond motifs is 1. The van der Waals surface area contributed by atoms with E-state index < -0.39 is 11.7 Å². The number of carbonyl (C=O) groups excluding carboxylic acids is 1. The maximum atomic E-state index is 12.0. The molecular formula is C14H18O3. The first kappa shape index (κ1) is 12.1. The van der Waals surface area contributed by atoms with Crippen LogP contribution in [0.4, 0.5) is 0 Å². The van der Waals surface area contributed by atoms with Gasteiger partial charge >= 0.3 is 5.97 Å². The van der Waals surface area contributed by atoms with Crippen LogP contribution in [-0.4, -0.2) is 16.7 Å². The number of esters is 1. The molecule has 1 aromatic rings. The number of ether oxygens (including phenoxy) is 1. The van der Waals surface area contributed by atoms with Crippen molar-refractivity contribution in [3.63, 3.8) is 0 Å². The zero-order chi connectivity index (χ0) is 12.6. The van der Waals surface area contributed by atoms with Crippen molar-refractivity contribution in [2.75, 3.05) is 0 Å². The Hall–Kier alpha value is -1.35. The van der Waals surface area contributed by atoms with Crippen molar-refractivity contribution >= 4 is 5.97 Å². The summed E-state index contributed by atoms with van der Waals surface area (Å²) < 4.78 is 5.38. The smallest absolute Gasteiger partial charge is 0.314 e. The molecule has 0 heterocycles. The molecule has 3 nitrogen and oxygen atoms in total. The van der Waals surface area contributed by atoms with Gasteiger partial charge in [0.2, 0.25) is 0 Å². The average molecular weight is 234 g/mol. The number of rotatable bonds is 1. The van der Waals surface area contributed by atoms with Gasteiger partial charge in [0.15, 0.2) is 0 Å². The fourth-order valence-electron chi connectivity index (χ4n) is 2.20. The van der Waals surface area contributed by atoms with Crippen molar-refractivity contribution in [1.82, 2.24) is 0 Å². The minimum atomic E-state index is -0.552. The van der Waals surface area contributed by atoms with E-state index in [1.165, 1.54) is 0 Å². The summed E-state index contributed by atoms with van der Waals surface area (Å²) in [6.45, 7) is 5.55. The van der Waals surface area contributed by atoms with Crippen molar-refractivity contribution in [3.05, 3.63) is 35.4 Å². The topological polar surface area (TPSA) is 46.5 Å². The molecule has 0 saturated carbocycles. The van der Waals surface area contributed by atoms with Crippen LogP contribution in [0.1, 0.15) is 50.3 Å². The van der Waals surface area contributed by atoms with Crippen molar-refractivity contribution in [2.45, 2.75) is 44.8 Å². The molecule has 2 rings (SSSR count). The summed E-state index contributed by atoms with van der Waals surface area (Å²) in [4.78, 5) is 12.0. The lowest BCUT2D eigenvalue weighted by Crippen LogP contribution is -2.27. The van der Waals surface area contributed by atoms with Gasteiger partial charge < -0.3 is 9.84 Å². The molecule has 1 aliphatic rings. The van der Waals surface area contributed by atoms with E-state index in [4.69, 9.17) is 4.74 Å². The standard InChI is InChI=1S/C14H18O3/c1-14(2,3)17-13(16)11-8-12(15)10-7-5-4-6-9(10)11/h4-7,11-12,15H,8H2,1-3H3. The highest BCUT2D eigenvalue weighted by Gasteiger charge is 2.36. The van der Waals surface area contributed by atoms with Crippen LogP contribution in [0.2, 0.25) is 0 Å². The zero-order valence-corrected chi connectivity index (χ0v) is 10.4. The van der Waals surface area contributed by atoms with Gasteiger partial charge in [-0.2, -0.15) is 0 Å². The second-order valence-corrected chi connectivity index (χ2v) is 5.47. The van der Waals surface area contributed by atoms with Crippen LogP contribution in [0.5, 0.6) is 0 Å². The number of benzene rings is 1. The summed E-state index contributed by atoms with van der Waals surface area (Å²) in [5.74, 6) is -0.582. The van der Waals surface area contributed by atoms with Crippen LogP contribution in [-0.2, 0) is 9.53 Å². The third-order valence-electron chi connectivity index (χ3n) is 2.88. The van der Waals surface area contributed by atoms with E-state index in [-0.39, 0.29) is 11.9 Å². The number of hydrogen-bond donors (Lipinski definition) is 1. The van der Waals surface area contributed by atoms with Gasteiger partial charge in [0.25, 0.3) is 0 Å². The maximum Gasteiger partial charge on any atom is 0.314 e. The Morgan fingerprint density at radius 2 is 1.88 bits per heavy atom. The highest BCUT2D eigenvalue weighted by atomic mass is 16.6. The fraction of sp³-hybridized carbons (Fsp3) is 0.500. The first-order valence-corrected chi connectivity index (χ1v) is 5.88. The van der Waals surface area contributed by atoms with Crippen molar-refractivity contribution in [3.8, 4) is 0 Å². The van der Waals surface area contributed by atoms with E-state index in [0.717, 1.165) is 11.1 Å². The Morgan fingerprint density at radius 3 is 2.47 bits per heavy atom. The first-order chi connectivity index (χ1) is 7.88. The summed E-state index contributed by atoms with van der Waals surface area (Å²) in [7, 11) is 0. The van der Waals surface area contributed by atoms with Gasteiger partial charge in [-0.1, -0.05) is 24.3 Å². The molecular weight excluding hydrogens is 216 g/mol. The third kappa shape index (κ3) is 2.50. The van der Waals surface area contributed by atoms with Crippen LogP contribution in [0.25, 0.3) is 0 Å². The third-order valence-corrected chi connectivity index (χ3v) is 2.88. The Labute approximate surface area is 101 Å². The van der Waals surface area contributed by atoms with E-state index in [9.17, 15) is 9.90 Å². The van der Waals surface area contributed by atoms with E-state index in [1.54, 1.807) is 0 Å². The fourth-order valence-corrected chi connectivity index (χ4v) is 2.20. The maximum absolute atomic E-state index is 12.0. The Balaban J connectivity index is 2.23. The van der Waals surface area contributed by atoms with E-state index in [1.807, 2.05) is 45.0 Å². The SMILES string of the molecule is CC(C)(C)OC(=O)C1CC(O)c2ccccc21. The molecule has 0 spiro atoms. The molecule has 2 unspecified atom stereocenters. The molecule has 1 N–H and O–H groups in total. The van der Waals surface area contributed by atoms with Gasteiger partial charge in [-0.15, -0.1) is 0 Å². The lowest BCUT2D eigenvalue weighted by molar-refractivity contribution is -0.157. The zero-order valence-electron chi connectivity index (χ0n) is 10.4. The first-order valence-electron chi connectivity index (χ1n) is 5.88. The van der Waals surface area contributed by atoms with Gasteiger partial charge in [0.1, 0.15) is 5.60 Å². The monoisotopic (exact) mass is 234 g/mol. The molecule has 0 bridgehead atoms. The molecule has 0 saturated heterocycles. The van der Waals surface area contributed by atoms with Gasteiger partial charge in [-0.3, -0.25) is 4.79 Å². The van der Waals surface area contributed by atoms with Crippen molar-refractivity contribution in [1.29, 1.82) is 0 Å². The molecule has 0 amide bonds. The summed E-state index contributed by atoms with van der Waals surface area (Å²) >= 11 is 0. The lowest BCUT2D eigenvalue weighted by Gasteiger charge is -2.22. The Kier molecular flexibility index (Phi) is 2.96. The van der Waals surface area contributed by atoms with E-state index in [2.05, 4.69) is 0 Å². The predicted octanol–water partition coefficient (Wildman–Crippen LogP) is 2.55. The normalized spacial score (nSPS) is 23.3. The molecule has 17 heavy (non-hydrogen) atoms. The average Bonchev–Trinajstić information content (AvgIpc) is 2.55. The van der Waals surface area contributed by atoms with Crippen molar-refractivity contribution in [2.24, 2.45) is 0 Å². The van der Waals surface area contributed by atoms with Gasteiger partial charge in [0, 0.05) is 0 Å². The minimum Gasteiger partial charge on any atom is -0.459 e. The van der Waals surface area contributed by atoms with Gasteiger partial charge in [-0.25, -0.2) is 0 Å². The quantitative estimate of drug-likeness (QED) is 0.759. The predicted molar refractivity (Wildman–Crippen MR) is 64.6 cm³/mol. The lowest BCUT2D eigenvalue weighted by atomic mass is 10.0. The molecule has 3 heteroatoms. The molecule has 0 radical (unpaired) electrons. The molecule has 0 fully saturated rings. The highest BCUT2D eigenvalue weighted by Crippen LogP contribution is 2.41. The van der Waals surface area contributed by atoms with Crippen LogP contribution in [0.15, 0.2) is 24.3 Å². The van der Waals surface area contributed by atoms with Crippen LogP contribution < -0.4 is 0 Å². The van der Waals surface area contributed by atoms with Crippen molar-refractivity contribution < 1.29 is 14.6 Å². The molecule has 1 aliphatic carbocycles. The Bertz CT molecular complexity index is 431. The molecule has 0 aliphatic heterocycles. The molecule has 1 aromatic carbocycles. The largest absolute Gasteiger partial charge is 0.459 e.